The molecule has 1 aliphatic heterocycles. The molecule has 2 fully saturated rings. The van der Waals surface area contributed by atoms with Crippen molar-refractivity contribution < 1.29 is 4.79 Å². The number of nitrogens with zero attached hydrogens (tertiary/aromatic N) is 5. The number of nitrogens with one attached hydrogen (secondary N) is 1. The second-order valence-electron chi connectivity index (χ2n) is 7.80. The maximum atomic E-state index is 13.0. The molecule has 0 unspecified atom stereocenters. The van der Waals surface area contributed by atoms with E-state index < -0.39 is 0 Å². The molecule has 1 saturated carbocycles. The number of likely N-dealkylation sites (N-methyl/N-ethyl adjacent to an activating group) is 1. The molecular weight excluding hydrogens is 352 g/mol. The average Bonchev–Trinajstić information content (AvgIpc) is 3.16. The SMILES string of the molecule is CN(c1ncnc2[nH]ccc12)[C@@H]1CN(C(=O)c2ccc(C#N)cc2)CC12CC2. The van der Waals surface area contributed by atoms with Gasteiger partial charge in [0.15, 0.2) is 0 Å². The highest BCUT2D eigenvalue weighted by atomic mass is 16.2. The van der Waals surface area contributed by atoms with Crippen LogP contribution in [0.1, 0.15) is 28.8 Å². The number of H-pyrrole nitrogens is 1. The molecule has 1 saturated heterocycles. The zero-order valence-corrected chi connectivity index (χ0v) is 15.6. The van der Waals surface area contributed by atoms with Crippen molar-refractivity contribution in [2.24, 2.45) is 5.41 Å². The van der Waals surface area contributed by atoms with Crippen LogP contribution in [0.5, 0.6) is 0 Å². The highest BCUT2D eigenvalue weighted by Crippen LogP contribution is 2.55. The largest absolute Gasteiger partial charge is 0.354 e. The van der Waals surface area contributed by atoms with Crippen LogP contribution in [-0.4, -0.2) is 51.9 Å². The van der Waals surface area contributed by atoms with Gasteiger partial charge in [-0.3, -0.25) is 4.79 Å². The summed E-state index contributed by atoms with van der Waals surface area (Å²) in [6.07, 6.45) is 5.71. The van der Waals surface area contributed by atoms with E-state index in [0.717, 1.165) is 36.2 Å². The molecule has 7 heteroatoms. The Morgan fingerprint density at radius 3 is 2.79 bits per heavy atom. The van der Waals surface area contributed by atoms with E-state index in [-0.39, 0.29) is 17.4 Å². The Balaban J connectivity index is 1.41. The smallest absolute Gasteiger partial charge is 0.253 e. The molecule has 3 heterocycles. The Kier molecular flexibility index (Phi) is 3.63. The molecule has 0 radical (unpaired) electrons. The number of anilines is 1. The molecule has 1 aromatic carbocycles. The van der Waals surface area contributed by atoms with Crippen LogP contribution in [0.3, 0.4) is 0 Å². The van der Waals surface area contributed by atoms with Crippen molar-refractivity contribution >= 4 is 22.8 Å². The molecule has 2 aliphatic rings. The summed E-state index contributed by atoms with van der Waals surface area (Å²) in [5.41, 5.74) is 2.16. The lowest BCUT2D eigenvalue weighted by Gasteiger charge is -2.30. The summed E-state index contributed by atoms with van der Waals surface area (Å²) < 4.78 is 0. The van der Waals surface area contributed by atoms with Gasteiger partial charge in [0.05, 0.1) is 23.1 Å². The second-order valence-corrected chi connectivity index (χ2v) is 7.80. The van der Waals surface area contributed by atoms with Crippen LogP contribution in [0.2, 0.25) is 0 Å². The number of benzene rings is 1. The molecule has 1 N–H and O–H groups in total. The highest BCUT2D eigenvalue weighted by molar-refractivity contribution is 5.95. The van der Waals surface area contributed by atoms with Crippen LogP contribution < -0.4 is 4.90 Å². The molecule has 1 atom stereocenters. The number of carbonyl (C=O) groups excluding carboxylic acids is 1. The predicted octanol–water partition coefficient (Wildman–Crippen LogP) is 2.57. The Hall–Kier alpha value is -3.40. The Bertz CT molecular complexity index is 1090. The van der Waals surface area contributed by atoms with Gasteiger partial charge in [-0.2, -0.15) is 5.26 Å². The number of aromatic amines is 1. The number of amides is 1. The van der Waals surface area contributed by atoms with Gasteiger partial charge in [0.1, 0.15) is 17.8 Å². The maximum absolute atomic E-state index is 13.0. The van der Waals surface area contributed by atoms with Gasteiger partial charge in [-0.05, 0) is 43.2 Å². The fourth-order valence-corrected chi connectivity index (χ4v) is 4.45. The molecule has 1 amide bonds. The van der Waals surface area contributed by atoms with Crippen molar-refractivity contribution in [3.05, 3.63) is 54.0 Å². The van der Waals surface area contributed by atoms with Gasteiger partial charge in [-0.25, -0.2) is 9.97 Å². The van der Waals surface area contributed by atoms with Gasteiger partial charge in [-0.1, -0.05) is 0 Å². The lowest BCUT2D eigenvalue weighted by molar-refractivity contribution is 0.0784. The summed E-state index contributed by atoms with van der Waals surface area (Å²) in [5, 5.41) is 9.95. The van der Waals surface area contributed by atoms with Crippen LogP contribution >= 0.6 is 0 Å². The van der Waals surface area contributed by atoms with E-state index in [9.17, 15) is 4.79 Å². The Morgan fingerprint density at radius 2 is 2.07 bits per heavy atom. The van der Waals surface area contributed by atoms with E-state index in [1.54, 1.807) is 30.6 Å². The Morgan fingerprint density at radius 1 is 1.29 bits per heavy atom. The number of carbonyl (C=O) groups is 1. The van der Waals surface area contributed by atoms with Crippen LogP contribution in [0.15, 0.2) is 42.9 Å². The van der Waals surface area contributed by atoms with Crippen molar-refractivity contribution in [3.63, 3.8) is 0 Å². The van der Waals surface area contributed by atoms with Gasteiger partial charge in [0.25, 0.3) is 5.91 Å². The number of likely N-dealkylation sites (tertiary alicyclic amines) is 1. The van der Waals surface area contributed by atoms with E-state index in [4.69, 9.17) is 5.26 Å². The summed E-state index contributed by atoms with van der Waals surface area (Å²) in [6.45, 7) is 1.44. The minimum absolute atomic E-state index is 0.0288. The molecule has 1 aliphatic carbocycles. The molecule has 28 heavy (non-hydrogen) atoms. The van der Waals surface area contributed by atoms with Crippen molar-refractivity contribution in [2.75, 3.05) is 25.0 Å². The third-order valence-corrected chi connectivity index (χ3v) is 6.18. The summed E-state index contributed by atoms with van der Waals surface area (Å²) in [6, 6.07) is 11.2. The quantitative estimate of drug-likeness (QED) is 0.763. The van der Waals surface area contributed by atoms with Gasteiger partial charge >= 0.3 is 0 Å². The van der Waals surface area contributed by atoms with E-state index in [1.807, 2.05) is 17.2 Å². The molecule has 1 spiro atoms. The van der Waals surface area contributed by atoms with Crippen molar-refractivity contribution in [3.8, 4) is 6.07 Å². The molecule has 5 rings (SSSR count). The molecule has 3 aromatic rings. The molecule has 140 valence electrons. The van der Waals surface area contributed by atoms with E-state index >= 15 is 0 Å². The van der Waals surface area contributed by atoms with Gasteiger partial charge < -0.3 is 14.8 Å². The number of aromatic nitrogens is 3. The average molecular weight is 372 g/mol. The first kappa shape index (κ1) is 16.8. The number of nitriles is 1. The molecule has 0 bridgehead atoms. The fourth-order valence-electron chi connectivity index (χ4n) is 4.45. The number of fused-ring (bicyclic) bond motifs is 1. The van der Waals surface area contributed by atoms with E-state index in [0.29, 0.717) is 17.7 Å². The lowest BCUT2D eigenvalue weighted by Crippen LogP contribution is -2.40. The van der Waals surface area contributed by atoms with Crippen LogP contribution in [0.25, 0.3) is 11.0 Å². The topological polar surface area (TPSA) is 88.9 Å². The fraction of sp³-hybridized carbons (Fsp3) is 0.333. The normalized spacial score (nSPS) is 19.7. The van der Waals surface area contributed by atoms with Crippen LogP contribution in [-0.2, 0) is 0 Å². The minimum Gasteiger partial charge on any atom is -0.354 e. The third kappa shape index (κ3) is 2.53. The summed E-state index contributed by atoms with van der Waals surface area (Å²) >= 11 is 0. The second kappa shape index (κ2) is 6.06. The van der Waals surface area contributed by atoms with Gasteiger partial charge in [-0.15, -0.1) is 0 Å². The third-order valence-electron chi connectivity index (χ3n) is 6.18. The zero-order valence-electron chi connectivity index (χ0n) is 15.6. The zero-order chi connectivity index (χ0) is 19.3. The first-order valence-electron chi connectivity index (χ1n) is 9.42. The number of hydrogen-bond donors (Lipinski definition) is 1. The molecular formula is C21H20N6O. The van der Waals surface area contributed by atoms with Crippen molar-refractivity contribution in [1.29, 1.82) is 5.26 Å². The first-order chi connectivity index (χ1) is 13.6. The minimum atomic E-state index is 0.0288. The summed E-state index contributed by atoms with van der Waals surface area (Å²) in [7, 11) is 2.06. The number of rotatable bonds is 3. The standard InChI is InChI=1S/C21H20N6O/c1-26(19-16-6-9-23-18(16)24-13-25-19)17-11-27(12-21(17)7-8-21)20(28)15-4-2-14(10-22)3-5-15/h2-6,9,13,17H,7-8,11-12H2,1H3,(H,23,24,25)/t17-/m1/s1. The van der Waals surface area contributed by atoms with Crippen molar-refractivity contribution in [2.45, 2.75) is 18.9 Å². The van der Waals surface area contributed by atoms with E-state index in [1.165, 1.54) is 0 Å². The molecule has 2 aromatic heterocycles. The highest BCUT2D eigenvalue weighted by Gasteiger charge is 2.57. The molecule has 7 nitrogen and oxygen atoms in total. The lowest BCUT2D eigenvalue weighted by atomic mass is 9.99. The predicted molar refractivity (Wildman–Crippen MR) is 105 cm³/mol. The Labute approximate surface area is 162 Å². The monoisotopic (exact) mass is 372 g/mol. The maximum Gasteiger partial charge on any atom is 0.253 e. The van der Waals surface area contributed by atoms with Crippen LogP contribution in [0, 0.1) is 16.7 Å². The van der Waals surface area contributed by atoms with Crippen LogP contribution in [0.4, 0.5) is 5.82 Å². The summed E-state index contributed by atoms with van der Waals surface area (Å²) in [4.78, 5) is 29.1. The van der Waals surface area contributed by atoms with Gasteiger partial charge in [0, 0.05) is 37.3 Å². The first-order valence-corrected chi connectivity index (χ1v) is 9.42. The summed E-state index contributed by atoms with van der Waals surface area (Å²) in [5.74, 6) is 0.927. The number of hydrogen-bond acceptors (Lipinski definition) is 5. The van der Waals surface area contributed by atoms with E-state index in [2.05, 4.69) is 33.0 Å². The van der Waals surface area contributed by atoms with Crippen molar-refractivity contribution in [1.82, 2.24) is 19.9 Å². The van der Waals surface area contributed by atoms with Gasteiger partial charge in [0.2, 0.25) is 0 Å².